The van der Waals surface area contributed by atoms with E-state index in [-0.39, 0.29) is 30.1 Å². The van der Waals surface area contributed by atoms with Crippen molar-refractivity contribution in [3.63, 3.8) is 0 Å². The summed E-state index contributed by atoms with van der Waals surface area (Å²) in [4.78, 5) is 4.65. The smallest absolute Gasteiger partial charge is 0.191 e. The lowest BCUT2D eigenvalue weighted by atomic mass is 10.1. The van der Waals surface area contributed by atoms with E-state index in [1.54, 1.807) is 7.11 Å². The maximum atomic E-state index is 5.78. The molecule has 0 aromatic heterocycles. The van der Waals surface area contributed by atoms with Crippen molar-refractivity contribution in [2.24, 2.45) is 4.99 Å². The molecule has 0 bridgehead atoms. The van der Waals surface area contributed by atoms with Crippen molar-refractivity contribution in [3.8, 4) is 5.75 Å². The number of aryl methyl sites for hydroxylation is 1. The molecule has 1 saturated heterocycles. The number of halogens is 1. The number of nitrogens with zero attached hydrogens (tertiary/aromatic N) is 1. The van der Waals surface area contributed by atoms with Gasteiger partial charge in [-0.1, -0.05) is 12.1 Å². The molecule has 0 spiro atoms. The number of rotatable bonds is 11. The van der Waals surface area contributed by atoms with Crippen LogP contribution in [0.1, 0.15) is 31.7 Å². The van der Waals surface area contributed by atoms with Gasteiger partial charge in [0, 0.05) is 32.8 Å². The summed E-state index contributed by atoms with van der Waals surface area (Å²) in [6.45, 7) is 6.92. The monoisotopic (exact) mass is 491 g/mol. The van der Waals surface area contributed by atoms with Gasteiger partial charge in [0.1, 0.15) is 5.75 Å². The Morgan fingerprint density at radius 1 is 1.30 bits per heavy atom. The van der Waals surface area contributed by atoms with E-state index in [9.17, 15) is 0 Å². The lowest BCUT2D eigenvalue weighted by molar-refractivity contribution is 0.0420. The maximum Gasteiger partial charge on any atom is 0.191 e. The predicted molar refractivity (Wildman–Crippen MR) is 121 cm³/mol. The van der Waals surface area contributed by atoms with E-state index in [0.717, 1.165) is 76.8 Å². The summed E-state index contributed by atoms with van der Waals surface area (Å²) >= 11 is 0. The Bertz CT molecular complexity index is 537. The summed E-state index contributed by atoms with van der Waals surface area (Å²) < 4.78 is 16.3. The van der Waals surface area contributed by atoms with Gasteiger partial charge in [0.05, 0.1) is 19.8 Å². The fourth-order valence-electron chi connectivity index (χ4n) is 2.82. The van der Waals surface area contributed by atoms with Gasteiger partial charge in [-0.25, -0.2) is 0 Å². The molecule has 1 aromatic carbocycles. The van der Waals surface area contributed by atoms with Crippen LogP contribution in [0.5, 0.6) is 5.75 Å². The molecular formula is C20H34IN3O3. The summed E-state index contributed by atoms with van der Waals surface area (Å²) in [5.41, 5.74) is 1.28. The summed E-state index contributed by atoms with van der Waals surface area (Å²) in [7, 11) is 1.70. The third-order valence-electron chi connectivity index (χ3n) is 4.23. The van der Waals surface area contributed by atoms with Crippen molar-refractivity contribution in [2.75, 3.05) is 46.6 Å². The number of guanidine groups is 1. The number of hydrogen-bond donors (Lipinski definition) is 2. The topological polar surface area (TPSA) is 64.1 Å². The maximum absolute atomic E-state index is 5.78. The quantitative estimate of drug-likeness (QED) is 0.216. The second-order valence-corrected chi connectivity index (χ2v) is 6.35. The largest absolute Gasteiger partial charge is 0.497 e. The van der Waals surface area contributed by atoms with Gasteiger partial charge in [0.2, 0.25) is 0 Å². The van der Waals surface area contributed by atoms with E-state index in [1.807, 2.05) is 12.1 Å². The number of methoxy groups -OCH3 is 1. The number of benzene rings is 1. The molecule has 1 heterocycles. The standard InChI is InChI=1S/C20H33N3O3.HI/c1-3-21-20(23-12-6-13-26-19-10-14-25-16-19)22-11-5-8-17-7-4-9-18(15-17)24-2;/h4,7,9,15,19H,3,5-6,8,10-14,16H2,1-2H3,(H2,21,22,23);1H. The normalized spacial score (nSPS) is 16.7. The minimum absolute atomic E-state index is 0. The zero-order valence-corrected chi connectivity index (χ0v) is 18.9. The van der Waals surface area contributed by atoms with Crippen LogP contribution >= 0.6 is 24.0 Å². The molecule has 0 radical (unpaired) electrons. The van der Waals surface area contributed by atoms with E-state index in [1.165, 1.54) is 5.56 Å². The van der Waals surface area contributed by atoms with Crippen molar-refractivity contribution < 1.29 is 14.2 Å². The van der Waals surface area contributed by atoms with E-state index in [4.69, 9.17) is 14.2 Å². The molecule has 27 heavy (non-hydrogen) atoms. The molecule has 1 aliphatic heterocycles. The summed E-state index contributed by atoms with van der Waals surface area (Å²) in [5.74, 6) is 1.79. The Labute approximate surface area is 180 Å². The first-order chi connectivity index (χ1) is 12.8. The molecule has 7 heteroatoms. The van der Waals surface area contributed by atoms with Crippen molar-refractivity contribution in [1.82, 2.24) is 10.6 Å². The Morgan fingerprint density at radius 3 is 2.93 bits per heavy atom. The second-order valence-electron chi connectivity index (χ2n) is 6.35. The van der Waals surface area contributed by atoms with Gasteiger partial charge >= 0.3 is 0 Å². The first kappa shape index (κ1) is 24.0. The van der Waals surface area contributed by atoms with Crippen LogP contribution in [0.3, 0.4) is 0 Å². The fourth-order valence-corrected chi connectivity index (χ4v) is 2.82. The SMILES string of the molecule is CCNC(=NCCCc1cccc(OC)c1)NCCCOC1CCOC1.I. The molecule has 1 aromatic rings. The first-order valence-electron chi connectivity index (χ1n) is 9.66. The highest BCUT2D eigenvalue weighted by Gasteiger charge is 2.15. The van der Waals surface area contributed by atoms with Crippen LogP contribution in [-0.2, 0) is 15.9 Å². The minimum Gasteiger partial charge on any atom is -0.497 e. The van der Waals surface area contributed by atoms with Crippen LogP contribution in [0.25, 0.3) is 0 Å². The van der Waals surface area contributed by atoms with Gasteiger partial charge in [-0.3, -0.25) is 4.99 Å². The number of nitrogens with one attached hydrogen (secondary N) is 2. The van der Waals surface area contributed by atoms with Gasteiger partial charge in [0.15, 0.2) is 5.96 Å². The van der Waals surface area contributed by atoms with Crippen LogP contribution < -0.4 is 15.4 Å². The Balaban J connectivity index is 0.00000364. The van der Waals surface area contributed by atoms with Gasteiger partial charge in [-0.05, 0) is 50.3 Å². The third-order valence-corrected chi connectivity index (χ3v) is 4.23. The van der Waals surface area contributed by atoms with E-state index < -0.39 is 0 Å². The highest BCUT2D eigenvalue weighted by molar-refractivity contribution is 14.0. The van der Waals surface area contributed by atoms with Crippen LogP contribution in [0.2, 0.25) is 0 Å². The zero-order valence-electron chi connectivity index (χ0n) is 16.5. The molecule has 154 valence electrons. The molecule has 1 unspecified atom stereocenters. The summed E-state index contributed by atoms with van der Waals surface area (Å²) in [6, 6.07) is 8.22. The molecule has 1 aliphatic rings. The molecular weight excluding hydrogens is 457 g/mol. The Kier molecular flexibility index (Phi) is 13.3. The summed E-state index contributed by atoms with van der Waals surface area (Å²) in [6.07, 6.45) is 4.27. The summed E-state index contributed by atoms with van der Waals surface area (Å²) in [5, 5.41) is 6.66. The average Bonchev–Trinajstić information content (AvgIpc) is 3.18. The van der Waals surface area contributed by atoms with Crippen molar-refractivity contribution in [2.45, 2.75) is 38.7 Å². The van der Waals surface area contributed by atoms with Crippen LogP contribution in [0.15, 0.2) is 29.3 Å². The van der Waals surface area contributed by atoms with Crippen molar-refractivity contribution in [3.05, 3.63) is 29.8 Å². The average molecular weight is 491 g/mol. The van der Waals surface area contributed by atoms with Gasteiger partial charge in [-0.15, -0.1) is 24.0 Å². The third kappa shape index (κ3) is 10.2. The van der Waals surface area contributed by atoms with E-state index >= 15 is 0 Å². The van der Waals surface area contributed by atoms with Crippen LogP contribution in [-0.4, -0.2) is 58.6 Å². The highest BCUT2D eigenvalue weighted by atomic mass is 127. The molecule has 2 rings (SSSR count). The van der Waals surface area contributed by atoms with Crippen molar-refractivity contribution in [1.29, 1.82) is 0 Å². The lowest BCUT2D eigenvalue weighted by Crippen LogP contribution is -2.38. The zero-order chi connectivity index (χ0) is 18.5. The van der Waals surface area contributed by atoms with E-state index in [2.05, 4.69) is 34.7 Å². The highest BCUT2D eigenvalue weighted by Crippen LogP contribution is 2.13. The Morgan fingerprint density at radius 2 is 2.19 bits per heavy atom. The first-order valence-corrected chi connectivity index (χ1v) is 9.66. The minimum atomic E-state index is 0. The molecule has 1 atom stereocenters. The lowest BCUT2D eigenvalue weighted by Gasteiger charge is -2.13. The van der Waals surface area contributed by atoms with Crippen LogP contribution in [0.4, 0.5) is 0 Å². The molecule has 2 N–H and O–H groups in total. The second kappa shape index (κ2) is 14.9. The van der Waals surface area contributed by atoms with Gasteiger partial charge in [0.25, 0.3) is 0 Å². The van der Waals surface area contributed by atoms with Gasteiger partial charge in [-0.2, -0.15) is 0 Å². The number of hydrogen-bond acceptors (Lipinski definition) is 4. The van der Waals surface area contributed by atoms with Crippen LogP contribution in [0, 0.1) is 0 Å². The number of ether oxygens (including phenoxy) is 3. The molecule has 0 aliphatic carbocycles. The van der Waals surface area contributed by atoms with Crippen molar-refractivity contribution >= 4 is 29.9 Å². The number of aliphatic imine (C=N–C) groups is 1. The molecule has 6 nitrogen and oxygen atoms in total. The molecule has 1 fully saturated rings. The fraction of sp³-hybridized carbons (Fsp3) is 0.650. The molecule has 0 amide bonds. The predicted octanol–water partition coefficient (Wildman–Crippen LogP) is 3.00. The Hall–Kier alpha value is -1.06. The molecule has 0 saturated carbocycles. The van der Waals surface area contributed by atoms with E-state index in [0.29, 0.717) is 0 Å². The van der Waals surface area contributed by atoms with Gasteiger partial charge < -0.3 is 24.8 Å².